The fourth-order valence-corrected chi connectivity index (χ4v) is 6.16. The van der Waals surface area contributed by atoms with Gasteiger partial charge < -0.3 is 10.6 Å². The van der Waals surface area contributed by atoms with Crippen LogP contribution < -0.4 is 10.6 Å². The fraction of sp³-hybridized carbons (Fsp3) is 0.619. The van der Waals surface area contributed by atoms with Gasteiger partial charge in [-0.15, -0.1) is 11.8 Å². The summed E-state index contributed by atoms with van der Waals surface area (Å²) in [4.78, 5) is 25.4. The molecule has 2 N–H and O–H groups in total. The minimum Gasteiger partial charge on any atom is -0.353 e. The molecule has 29 heavy (non-hydrogen) atoms. The number of sulfone groups is 1. The normalized spacial score (nSPS) is 22.0. The zero-order chi connectivity index (χ0) is 21.0. The van der Waals surface area contributed by atoms with E-state index in [4.69, 9.17) is 0 Å². The third-order valence-corrected chi connectivity index (χ3v) is 9.00. The fourth-order valence-electron chi connectivity index (χ4n) is 3.86. The van der Waals surface area contributed by atoms with Gasteiger partial charge in [0.05, 0.1) is 21.1 Å². The number of carbonyl (C=O) groups is 2. The molecule has 1 heterocycles. The molecule has 1 fully saturated rings. The highest BCUT2D eigenvalue weighted by atomic mass is 32.2. The van der Waals surface area contributed by atoms with Crippen LogP contribution in [0.2, 0.25) is 0 Å². The molecule has 1 aliphatic carbocycles. The number of hydrogen-bond donors (Lipinski definition) is 2. The van der Waals surface area contributed by atoms with Crippen LogP contribution in [0.15, 0.2) is 28.0 Å². The standard InChI is InChI=1S/C21H30N2O4S2/c1-14(12-20(24)22-16-8-6-4-3-5-7-9-16)29(26,27)17-10-11-19-18(13-17)23-21(25)15(2)28-19/h10-11,13-16H,3-9,12H2,1-2H3,(H,22,24)(H,23,25)/t14-,15-/m0/s1. The number of nitrogens with one attached hydrogen (secondary N) is 2. The van der Waals surface area contributed by atoms with Crippen LogP contribution in [0.1, 0.15) is 65.2 Å². The molecule has 6 nitrogen and oxygen atoms in total. The Balaban J connectivity index is 1.65. The van der Waals surface area contributed by atoms with Crippen LogP contribution in [0.5, 0.6) is 0 Å². The number of thioether (sulfide) groups is 1. The average molecular weight is 439 g/mol. The van der Waals surface area contributed by atoms with Crippen LogP contribution in [0.4, 0.5) is 5.69 Å². The maximum Gasteiger partial charge on any atom is 0.237 e. The smallest absolute Gasteiger partial charge is 0.237 e. The number of carbonyl (C=O) groups excluding carboxylic acids is 2. The Labute approximate surface area is 177 Å². The molecular weight excluding hydrogens is 408 g/mol. The molecule has 0 aromatic heterocycles. The van der Waals surface area contributed by atoms with Crippen molar-refractivity contribution in [3.05, 3.63) is 18.2 Å². The maximum atomic E-state index is 13.0. The van der Waals surface area contributed by atoms with Gasteiger partial charge in [-0.1, -0.05) is 32.1 Å². The van der Waals surface area contributed by atoms with Crippen molar-refractivity contribution < 1.29 is 18.0 Å². The van der Waals surface area contributed by atoms with Crippen LogP contribution in [-0.4, -0.2) is 36.8 Å². The maximum absolute atomic E-state index is 13.0. The average Bonchev–Trinajstić information content (AvgIpc) is 2.64. The lowest BCUT2D eigenvalue weighted by atomic mass is 9.96. The quantitative estimate of drug-likeness (QED) is 0.727. The topological polar surface area (TPSA) is 92.3 Å². The largest absolute Gasteiger partial charge is 0.353 e. The van der Waals surface area contributed by atoms with E-state index in [0.717, 1.165) is 30.6 Å². The van der Waals surface area contributed by atoms with Crippen LogP contribution >= 0.6 is 11.8 Å². The predicted octanol–water partition coefficient (Wildman–Crippen LogP) is 3.90. The van der Waals surface area contributed by atoms with Gasteiger partial charge >= 0.3 is 0 Å². The molecular formula is C21H30N2O4S2. The second-order valence-electron chi connectivity index (χ2n) is 8.08. The number of anilines is 1. The number of fused-ring (bicyclic) bond motifs is 1. The van der Waals surface area contributed by atoms with Gasteiger partial charge in [0.25, 0.3) is 0 Å². The highest BCUT2D eigenvalue weighted by molar-refractivity contribution is 8.01. The molecule has 0 spiro atoms. The van der Waals surface area contributed by atoms with Gasteiger partial charge in [0.15, 0.2) is 9.84 Å². The molecule has 0 unspecified atom stereocenters. The van der Waals surface area contributed by atoms with Crippen molar-refractivity contribution >= 4 is 39.1 Å². The third kappa shape index (κ3) is 5.54. The Hall–Kier alpha value is -1.54. The minimum absolute atomic E-state index is 0.0614. The van der Waals surface area contributed by atoms with E-state index in [1.54, 1.807) is 19.1 Å². The number of benzene rings is 1. The lowest BCUT2D eigenvalue weighted by Crippen LogP contribution is -2.37. The van der Waals surface area contributed by atoms with E-state index in [9.17, 15) is 18.0 Å². The SMILES string of the molecule is C[C@@H]1Sc2ccc(S(=O)(=O)[C@@H](C)CC(=O)NC3CCCCCCC3)cc2NC1=O. The second kappa shape index (κ2) is 9.51. The molecule has 0 bridgehead atoms. The molecule has 1 saturated carbocycles. The molecule has 0 saturated heterocycles. The van der Waals surface area contributed by atoms with Gasteiger partial charge in [-0.25, -0.2) is 8.42 Å². The summed E-state index contributed by atoms with van der Waals surface area (Å²) in [7, 11) is -3.67. The van der Waals surface area contributed by atoms with Gasteiger partial charge in [-0.05, 0) is 44.9 Å². The summed E-state index contributed by atoms with van der Waals surface area (Å²) in [6.45, 7) is 3.38. The highest BCUT2D eigenvalue weighted by Gasteiger charge is 2.29. The Morgan fingerprint density at radius 2 is 1.86 bits per heavy atom. The predicted molar refractivity (Wildman–Crippen MR) is 116 cm³/mol. The molecule has 3 rings (SSSR count). The first-order valence-corrected chi connectivity index (χ1v) is 12.8. The summed E-state index contributed by atoms with van der Waals surface area (Å²) in [5, 5.41) is 4.76. The van der Waals surface area contributed by atoms with Crippen molar-refractivity contribution in [2.45, 2.75) is 91.5 Å². The van der Waals surface area contributed by atoms with Crippen molar-refractivity contribution in [3.8, 4) is 0 Å². The summed E-state index contributed by atoms with van der Waals surface area (Å²) < 4.78 is 26.0. The first-order chi connectivity index (χ1) is 13.8. The van der Waals surface area contributed by atoms with Gasteiger partial charge in [-0.3, -0.25) is 9.59 Å². The van der Waals surface area contributed by atoms with Crippen molar-refractivity contribution in [2.24, 2.45) is 0 Å². The molecule has 2 aliphatic rings. The van der Waals surface area contributed by atoms with Crippen LogP contribution in [0.3, 0.4) is 0 Å². The lowest BCUT2D eigenvalue weighted by molar-refractivity contribution is -0.122. The van der Waals surface area contributed by atoms with Gasteiger partial charge in [0, 0.05) is 17.4 Å². The highest BCUT2D eigenvalue weighted by Crippen LogP contribution is 2.37. The number of rotatable bonds is 5. The molecule has 1 aromatic carbocycles. The molecule has 160 valence electrons. The zero-order valence-corrected chi connectivity index (χ0v) is 18.7. The van der Waals surface area contributed by atoms with Crippen LogP contribution in [-0.2, 0) is 19.4 Å². The molecule has 2 atom stereocenters. The number of amides is 2. The van der Waals surface area contributed by atoms with Gasteiger partial charge in [0.2, 0.25) is 11.8 Å². The first kappa shape index (κ1) is 22.2. The number of hydrogen-bond acceptors (Lipinski definition) is 5. The summed E-state index contributed by atoms with van der Waals surface area (Å²) in [6.07, 6.45) is 7.74. The Bertz CT molecular complexity index is 861. The van der Waals surface area contributed by atoms with E-state index in [1.165, 1.54) is 37.1 Å². The second-order valence-corrected chi connectivity index (χ2v) is 11.8. The monoisotopic (exact) mass is 438 g/mol. The first-order valence-electron chi connectivity index (χ1n) is 10.4. The Morgan fingerprint density at radius 1 is 1.21 bits per heavy atom. The van der Waals surface area contributed by atoms with E-state index < -0.39 is 15.1 Å². The minimum atomic E-state index is -3.67. The van der Waals surface area contributed by atoms with Crippen LogP contribution in [0, 0.1) is 0 Å². The summed E-state index contributed by atoms with van der Waals surface area (Å²) >= 11 is 1.41. The zero-order valence-electron chi connectivity index (χ0n) is 17.1. The van der Waals surface area contributed by atoms with Crippen LogP contribution in [0.25, 0.3) is 0 Å². The van der Waals surface area contributed by atoms with E-state index in [0.29, 0.717) is 5.69 Å². The third-order valence-electron chi connectivity index (χ3n) is 5.68. The van der Waals surface area contributed by atoms with Gasteiger partial charge in [0.1, 0.15) is 0 Å². The van der Waals surface area contributed by atoms with E-state index in [1.807, 2.05) is 6.92 Å². The summed E-state index contributed by atoms with van der Waals surface area (Å²) in [5.41, 5.74) is 0.519. The summed E-state index contributed by atoms with van der Waals surface area (Å²) in [5.74, 6) is -0.342. The Kier molecular flexibility index (Phi) is 7.27. The van der Waals surface area contributed by atoms with E-state index >= 15 is 0 Å². The van der Waals surface area contributed by atoms with Crippen molar-refractivity contribution in [2.75, 3.05) is 5.32 Å². The van der Waals surface area contributed by atoms with E-state index in [-0.39, 0.29) is 34.4 Å². The Morgan fingerprint density at radius 3 is 2.55 bits per heavy atom. The van der Waals surface area contributed by atoms with E-state index in [2.05, 4.69) is 10.6 Å². The molecule has 0 radical (unpaired) electrons. The molecule has 1 aromatic rings. The lowest BCUT2D eigenvalue weighted by Gasteiger charge is -2.23. The van der Waals surface area contributed by atoms with Crippen molar-refractivity contribution in [1.29, 1.82) is 0 Å². The molecule has 8 heteroatoms. The molecule has 1 aliphatic heterocycles. The van der Waals surface area contributed by atoms with Crippen molar-refractivity contribution in [3.63, 3.8) is 0 Å². The summed E-state index contributed by atoms with van der Waals surface area (Å²) in [6, 6.07) is 4.94. The van der Waals surface area contributed by atoms with Gasteiger partial charge in [-0.2, -0.15) is 0 Å². The van der Waals surface area contributed by atoms with Crippen molar-refractivity contribution in [1.82, 2.24) is 5.32 Å². The molecule has 2 amide bonds.